The number of carbonyl (C=O) groups excluding carboxylic acids is 3. The molecule has 2 N–H and O–H groups in total. The van der Waals surface area contributed by atoms with E-state index in [0.717, 1.165) is 12.5 Å². The number of aliphatic hydroxyl groups is 1. The number of allylic oxidation sites excluding steroid dienone is 4. The number of esters is 1. The zero-order valence-corrected chi connectivity index (χ0v) is 21.4. The first-order chi connectivity index (χ1) is 16.3. The number of fused-ring (bicyclic) bond motifs is 5. The molecule has 0 amide bonds. The number of halogens is 2. The molecule has 0 aromatic rings. The number of alkyl halides is 2. The van der Waals surface area contributed by atoms with Gasteiger partial charge in [0.1, 0.15) is 6.17 Å². The second kappa shape index (κ2) is 8.77. The quantitative estimate of drug-likeness (QED) is 0.405. The molecule has 3 fully saturated rings. The lowest BCUT2D eigenvalue weighted by molar-refractivity contribution is -0.228. The summed E-state index contributed by atoms with van der Waals surface area (Å²) in [6.07, 6.45) is 1.66. The van der Waals surface area contributed by atoms with Crippen LogP contribution in [0, 0.1) is 28.6 Å². The van der Waals surface area contributed by atoms with Crippen LogP contribution in [0.5, 0.6) is 0 Å². The second-order valence-electron chi connectivity index (χ2n) is 11.2. The van der Waals surface area contributed by atoms with Crippen molar-refractivity contribution in [3.63, 3.8) is 0 Å². The third kappa shape index (κ3) is 3.37. The van der Waals surface area contributed by atoms with Gasteiger partial charge in [0.2, 0.25) is 0 Å². The third-order valence-corrected chi connectivity index (χ3v) is 10.0. The minimum absolute atomic E-state index is 0.0247. The van der Waals surface area contributed by atoms with Crippen LogP contribution in [0.2, 0.25) is 0 Å². The van der Waals surface area contributed by atoms with Gasteiger partial charge in [0.25, 0.3) is 5.12 Å². The van der Waals surface area contributed by atoms with Crippen LogP contribution in [0.25, 0.3) is 0 Å². The lowest BCUT2D eigenvalue weighted by Crippen LogP contribution is -2.70. The molecule has 0 radical (unpaired) electrons. The summed E-state index contributed by atoms with van der Waals surface area (Å²) in [5.74, 6) is -3.20. The molecular weight excluding hydrogens is 478 g/mol. The number of unbranched alkanes of at least 4 members (excludes halogenated alkanes) is 1. The molecule has 9 atom stereocenters. The van der Waals surface area contributed by atoms with E-state index in [1.54, 1.807) is 13.8 Å². The molecule has 0 heterocycles. The molecule has 4 rings (SSSR count). The molecular formula is C26H34F2O6S. The molecule has 4 aliphatic carbocycles. The minimum Gasteiger partial charge on any atom is -0.449 e. The number of rotatable bonds is 5. The first-order valence-electron chi connectivity index (χ1n) is 12.4. The van der Waals surface area contributed by atoms with Gasteiger partial charge in [0, 0.05) is 29.1 Å². The summed E-state index contributed by atoms with van der Waals surface area (Å²) in [4.78, 5) is 38.0. The summed E-state index contributed by atoms with van der Waals surface area (Å²) in [7, 11) is 0. The van der Waals surface area contributed by atoms with E-state index in [2.05, 4.69) is 0 Å². The van der Waals surface area contributed by atoms with Crippen LogP contribution in [0.1, 0.15) is 66.2 Å². The van der Waals surface area contributed by atoms with Crippen molar-refractivity contribution in [2.75, 3.05) is 0 Å². The largest absolute Gasteiger partial charge is 0.449 e. The van der Waals surface area contributed by atoms with E-state index in [9.17, 15) is 24.0 Å². The van der Waals surface area contributed by atoms with Gasteiger partial charge in [-0.25, -0.2) is 8.78 Å². The van der Waals surface area contributed by atoms with Crippen molar-refractivity contribution in [3.05, 3.63) is 23.8 Å². The summed E-state index contributed by atoms with van der Waals surface area (Å²) in [5.41, 5.74) is -6.82. The molecule has 0 saturated heterocycles. The van der Waals surface area contributed by atoms with E-state index >= 15 is 8.78 Å². The fraction of sp³-hybridized carbons (Fsp3) is 0.731. The van der Waals surface area contributed by atoms with E-state index in [1.807, 2.05) is 6.92 Å². The van der Waals surface area contributed by atoms with E-state index < -0.39 is 69.0 Å². The summed E-state index contributed by atoms with van der Waals surface area (Å²) >= 11 is -0.0307. The van der Waals surface area contributed by atoms with E-state index in [1.165, 1.54) is 19.1 Å². The maximum atomic E-state index is 17.3. The van der Waals surface area contributed by atoms with Crippen molar-refractivity contribution < 1.29 is 37.6 Å². The number of hydrogen-bond donors (Lipinski definition) is 2. The Kier molecular flexibility index (Phi) is 6.63. The molecule has 0 aromatic carbocycles. The van der Waals surface area contributed by atoms with Crippen LogP contribution in [-0.2, 0) is 19.1 Å². The van der Waals surface area contributed by atoms with Crippen LogP contribution in [0.15, 0.2) is 23.8 Å². The van der Waals surface area contributed by atoms with Gasteiger partial charge in [-0.1, -0.05) is 33.3 Å². The molecule has 0 spiro atoms. The van der Waals surface area contributed by atoms with Gasteiger partial charge in [-0.15, -0.1) is 0 Å². The molecule has 4 aliphatic rings. The maximum absolute atomic E-state index is 17.3. The van der Waals surface area contributed by atoms with Crippen LogP contribution < -0.4 is 0 Å². The molecule has 2 unspecified atom stereocenters. The van der Waals surface area contributed by atoms with Gasteiger partial charge < -0.3 is 14.4 Å². The van der Waals surface area contributed by atoms with Gasteiger partial charge in [0.15, 0.2) is 17.1 Å². The van der Waals surface area contributed by atoms with Crippen molar-refractivity contribution in [1.29, 1.82) is 0 Å². The van der Waals surface area contributed by atoms with Crippen LogP contribution in [0.3, 0.4) is 0 Å². The number of carbonyl (C=O) groups is 3. The number of ketones is 1. The first-order valence-corrected chi connectivity index (χ1v) is 13.1. The van der Waals surface area contributed by atoms with E-state index in [4.69, 9.17) is 4.74 Å². The standard InChI is InChI=1S/C26H34F2O6S/c1-5-6-7-21(31)34-26(22(32)35-33)14(2)10-16-17-12-19(27)18-11-15(29)8-9-23(18,3)25(17,28)20(30)13-24(16,26)4/h8-9,11,14,16-17,19-20,30,33H,5-7,10,12-13H2,1-4H3/t14-,16?,17?,19+,20+,23+,24+,25+,26+/m1/s1. The molecule has 0 aliphatic heterocycles. The summed E-state index contributed by atoms with van der Waals surface area (Å²) in [6.45, 7) is 6.83. The normalized spacial score (nSPS) is 46.3. The molecule has 9 heteroatoms. The number of aliphatic hydroxyl groups excluding tert-OH is 1. The molecule has 194 valence electrons. The Bertz CT molecular complexity index is 998. The number of ether oxygens (including phenoxy) is 1. The SMILES string of the molecule is CCCCC(=O)O[C@]1(C(=O)SO)[C@H](C)CC2C3C[C@H](F)C4=CC(=O)C=C[C@]4(C)[C@@]3(F)[C@@H](O)C[C@@]21C. The van der Waals surface area contributed by atoms with Crippen LogP contribution in [-0.4, -0.2) is 50.1 Å². The van der Waals surface area contributed by atoms with Crippen LogP contribution in [0.4, 0.5) is 8.78 Å². The van der Waals surface area contributed by atoms with Gasteiger partial charge in [0.05, 0.1) is 18.1 Å². The topological polar surface area (TPSA) is 101 Å². The Morgan fingerprint density at radius 3 is 2.57 bits per heavy atom. The van der Waals surface area contributed by atoms with E-state index in [-0.39, 0.29) is 43.3 Å². The van der Waals surface area contributed by atoms with Crippen LogP contribution >= 0.6 is 12.0 Å². The molecule has 6 nitrogen and oxygen atoms in total. The Morgan fingerprint density at radius 2 is 1.94 bits per heavy atom. The fourth-order valence-corrected chi connectivity index (χ4v) is 8.45. The van der Waals surface area contributed by atoms with Gasteiger partial charge in [-0.2, -0.15) is 0 Å². The van der Waals surface area contributed by atoms with E-state index in [0.29, 0.717) is 6.42 Å². The lowest BCUT2D eigenvalue weighted by Gasteiger charge is -2.63. The van der Waals surface area contributed by atoms with Crippen molar-refractivity contribution >= 4 is 28.9 Å². The lowest BCUT2D eigenvalue weighted by atomic mass is 9.44. The summed E-state index contributed by atoms with van der Waals surface area (Å²) in [5, 5.41) is 10.7. The fourth-order valence-electron chi connectivity index (χ4n) is 7.84. The smallest absolute Gasteiger partial charge is 0.306 e. The maximum Gasteiger partial charge on any atom is 0.306 e. The highest BCUT2D eigenvalue weighted by Gasteiger charge is 2.78. The molecule has 0 aromatic heterocycles. The molecule has 0 bridgehead atoms. The minimum atomic E-state index is -2.29. The zero-order valence-electron chi connectivity index (χ0n) is 20.6. The van der Waals surface area contributed by atoms with Gasteiger partial charge in [-0.05, 0) is 56.3 Å². The van der Waals surface area contributed by atoms with Gasteiger partial charge >= 0.3 is 5.97 Å². The average molecular weight is 513 g/mol. The Hall–Kier alpha value is -1.58. The van der Waals surface area contributed by atoms with Crippen molar-refractivity contribution in [2.24, 2.45) is 28.6 Å². The summed E-state index contributed by atoms with van der Waals surface area (Å²) in [6, 6.07) is 0. The molecule has 35 heavy (non-hydrogen) atoms. The Morgan fingerprint density at radius 1 is 1.26 bits per heavy atom. The predicted molar refractivity (Wildman–Crippen MR) is 127 cm³/mol. The van der Waals surface area contributed by atoms with Crippen molar-refractivity contribution in [1.82, 2.24) is 0 Å². The second-order valence-corrected chi connectivity index (χ2v) is 11.7. The van der Waals surface area contributed by atoms with Crippen molar-refractivity contribution in [3.8, 4) is 0 Å². The Labute approximate surface area is 208 Å². The zero-order chi connectivity index (χ0) is 26.0. The highest BCUT2D eigenvalue weighted by Crippen LogP contribution is 2.72. The van der Waals surface area contributed by atoms with Gasteiger partial charge in [-0.3, -0.25) is 14.4 Å². The Balaban J connectivity index is 1.83. The summed E-state index contributed by atoms with van der Waals surface area (Å²) < 4.78 is 48.5. The monoisotopic (exact) mass is 512 g/mol. The predicted octanol–water partition coefficient (Wildman–Crippen LogP) is 4.76. The third-order valence-electron chi connectivity index (χ3n) is 9.56. The molecule has 3 saturated carbocycles. The van der Waals surface area contributed by atoms with Crippen molar-refractivity contribution in [2.45, 2.75) is 89.8 Å². The average Bonchev–Trinajstić information content (AvgIpc) is 3.02. The number of hydrogen-bond acceptors (Lipinski definition) is 7. The first kappa shape index (κ1) is 26.5. The highest BCUT2D eigenvalue weighted by molar-refractivity contribution is 8.09. The highest BCUT2D eigenvalue weighted by atomic mass is 32.2.